The third kappa shape index (κ3) is 3.15. The first-order valence-corrected chi connectivity index (χ1v) is 7.99. The molecule has 0 unspecified atom stereocenters. The predicted octanol–water partition coefficient (Wildman–Crippen LogP) is 5.08. The van der Waals surface area contributed by atoms with Crippen molar-refractivity contribution in [2.75, 3.05) is 0 Å². The van der Waals surface area contributed by atoms with Gasteiger partial charge in [-0.25, -0.2) is 0 Å². The largest absolute Gasteiger partial charge is 0.508 e. The van der Waals surface area contributed by atoms with Crippen LogP contribution in [0.25, 0.3) is 34.0 Å². The average Bonchev–Trinajstić information content (AvgIpc) is 3.13. The van der Waals surface area contributed by atoms with Gasteiger partial charge in [-0.2, -0.15) is 0 Å². The molecule has 0 saturated carbocycles. The highest BCUT2D eigenvalue weighted by atomic mass is 16.4. The van der Waals surface area contributed by atoms with Crippen molar-refractivity contribution in [3.63, 3.8) is 0 Å². The van der Waals surface area contributed by atoms with E-state index in [1.807, 2.05) is 67.6 Å². The fraction of sp³-hybridized carbons (Fsp3) is 0.0476. The summed E-state index contributed by atoms with van der Waals surface area (Å²) in [4.78, 5) is 0. The Morgan fingerprint density at radius 1 is 0.600 bits per heavy atom. The standard InChI is InChI=1S/C21H16N2O2/c1-14-2-4-17(5-3-14)20-22-23-21(25-20)18-8-6-15(7-9-18)16-10-12-19(24)13-11-16/h2-13,24H,1H3. The molecule has 0 aliphatic rings. The molecule has 122 valence electrons. The van der Waals surface area contributed by atoms with E-state index in [1.165, 1.54) is 5.56 Å². The fourth-order valence-corrected chi connectivity index (χ4v) is 2.61. The first-order chi connectivity index (χ1) is 12.2. The van der Waals surface area contributed by atoms with Crippen molar-refractivity contribution in [3.8, 4) is 39.8 Å². The number of aromatic hydroxyl groups is 1. The molecule has 25 heavy (non-hydrogen) atoms. The number of aromatic nitrogens is 2. The predicted molar refractivity (Wildman–Crippen MR) is 97.0 cm³/mol. The van der Waals surface area contributed by atoms with Crippen molar-refractivity contribution in [3.05, 3.63) is 78.4 Å². The molecule has 4 aromatic rings. The van der Waals surface area contributed by atoms with Crippen LogP contribution in [0.1, 0.15) is 5.56 Å². The number of nitrogens with zero attached hydrogens (tertiary/aromatic N) is 2. The van der Waals surface area contributed by atoms with Crippen LogP contribution in [0.15, 0.2) is 77.2 Å². The topological polar surface area (TPSA) is 59.2 Å². The van der Waals surface area contributed by atoms with Gasteiger partial charge in [0.2, 0.25) is 11.8 Å². The van der Waals surface area contributed by atoms with Crippen LogP contribution in [-0.4, -0.2) is 15.3 Å². The second kappa shape index (κ2) is 6.24. The number of aryl methyl sites for hydroxylation is 1. The molecule has 0 aliphatic heterocycles. The summed E-state index contributed by atoms with van der Waals surface area (Å²) in [7, 11) is 0. The highest BCUT2D eigenvalue weighted by Gasteiger charge is 2.10. The van der Waals surface area contributed by atoms with Gasteiger partial charge in [0.05, 0.1) is 0 Å². The van der Waals surface area contributed by atoms with Crippen LogP contribution < -0.4 is 0 Å². The van der Waals surface area contributed by atoms with Crippen LogP contribution in [-0.2, 0) is 0 Å². The summed E-state index contributed by atoms with van der Waals surface area (Å²) in [5, 5.41) is 17.7. The Hall–Kier alpha value is -3.40. The molecule has 0 spiro atoms. The maximum atomic E-state index is 9.38. The van der Waals surface area contributed by atoms with Crippen molar-refractivity contribution in [2.24, 2.45) is 0 Å². The molecule has 0 amide bonds. The lowest BCUT2D eigenvalue weighted by Gasteiger charge is -2.02. The highest BCUT2D eigenvalue weighted by molar-refractivity contribution is 5.68. The third-order valence-corrected chi connectivity index (χ3v) is 4.06. The SMILES string of the molecule is Cc1ccc(-c2nnc(-c3ccc(-c4ccc(O)cc4)cc3)o2)cc1. The van der Waals surface area contributed by atoms with E-state index in [0.717, 1.165) is 22.3 Å². The average molecular weight is 328 g/mol. The number of benzene rings is 3. The number of phenols is 1. The van der Waals surface area contributed by atoms with Crippen molar-refractivity contribution < 1.29 is 9.52 Å². The zero-order valence-electron chi connectivity index (χ0n) is 13.7. The van der Waals surface area contributed by atoms with Crippen LogP contribution in [0, 0.1) is 6.92 Å². The molecule has 0 radical (unpaired) electrons. The third-order valence-electron chi connectivity index (χ3n) is 4.06. The molecule has 0 atom stereocenters. The van der Waals surface area contributed by atoms with Crippen molar-refractivity contribution in [1.82, 2.24) is 10.2 Å². The van der Waals surface area contributed by atoms with E-state index in [1.54, 1.807) is 12.1 Å². The van der Waals surface area contributed by atoms with Gasteiger partial charge in [0, 0.05) is 11.1 Å². The minimum atomic E-state index is 0.259. The summed E-state index contributed by atoms with van der Waals surface area (Å²) in [5.41, 5.74) is 5.06. The Balaban J connectivity index is 1.60. The summed E-state index contributed by atoms with van der Waals surface area (Å²) in [6.07, 6.45) is 0. The summed E-state index contributed by atoms with van der Waals surface area (Å²) in [5.74, 6) is 1.26. The summed E-state index contributed by atoms with van der Waals surface area (Å²) in [6.45, 7) is 2.04. The Bertz CT molecular complexity index is 986. The molecule has 1 aromatic heterocycles. The van der Waals surface area contributed by atoms with Gasteiger partial charge in [0.15, 0.2) is 0 Å². The van der Waals surface area contributed by atoms with Crippen LogP contribution in [0.3, 0.4) is 0 Å². The van der Waals surface area contributed by atoms with Crippen LogP contribution in [0.4, 0.5) is 0 Å². The van der Waals surface area contributed by atoms with E-state index < -0.39 is 0 Å². The highest BCUT2D eigenvalue weighted by Crippen LogP contribution is 2.27. The summed E-state index contributed by atoms with van der Waals surface area (Å²) >= 11 is 0. The second-order valence-corrected chi connectivity index (χ2v) is 5.90. The van der Waals surface area contributed by atoms with E-state index in [9.17, 15) is 5.11 Å². The lowest BCUT2D eigenvalue weighted by molar-refractivity contribution is 0.475. The maximum absolute atomic E-state index is 9.38. The van der Waals surface area contributed by atoms with Gasteiger partial charge in [0.1, 0.15) is 5.75 Å². The zero-order valence-corrected chi connectivity index (χ0v) is 13.7. The fourth-order valence-electron chi connectivity index (χ4n) is 2.61. The molecule has 3 aromatic carbocycles. The van der Waals surface area contributed by atoms with Crippen molar-refractivity contribution >= 4 is 0 Å². The van der Waals surface area contributed by atoms with Gasteiger partial charge in [-0.1, -0.05) is 42.0 Å². The molecule has 0 fully saturated rings. The molecule has 0 bridgehead atoms. The van der Waals surface area contributed by atoms with E-state index in [-0.39, 0.29) is 5.75 Å². The van der Waals surface area contributed by atoms with Gasteiger partial charge in [-0.05, 0) is 54.4 Å². The van der Waals surface area contributed by atoms with Crippen LogP contribution in [0.2, 0.25) is 0 Å². The number of rotatable bonds is 3. The van der Waals surface area contributed by atoms with Gasteiger partial charge < -0.3 is 9.52 Å². The van der Waals surface area contributed by atoms with Gasteiger partial charge in [-0.3, -0.25) is 0 Å². The van der Waals surface area contributed by atoms with Crippen molar-refractivity contribution in [2.45, 2.75) is 6.92 Å². The zero-order chi connectivity index (χ0) is 17.2. The molecule has 4 heteroatoms. The second-order valence-electron chi connectivity index (χ2n) is 5.90. The smallest absolute Gasteiger partial charge is 0.248 e. The number of hydrogen-bond acceptors (Lipinski definition) is 4. The van der Waals surface area contributed by atoms with E-state index >= 15 is 0 Å². The normalized spacial score (nSPS) is 10.8. The Kier molecular flexibility index (Phi) is 3.78. The number of phenolic OH excluding ortho intramolecular Hbond substituents is 1. The Morgan fingerprint density at radius 2 is 1.00 bits per heavy atom. The first-order valence-electron chi connectivity index (χ1n) is 7.99. The van der Waals surface area contributed by atoms with E-state index in [4.69, 9.17) is 4.42 Å². The molecule has 0 saturated heterocycles. The molecule has 1 heterocycles. The molecule has 0 aliphatic carbocycles. The first kappa shape index (κ1) is 15.1. The molecule has 4 rings (SSSR count). The van der Waals surface area contributed by atoms with Crippen LogP contribution in [0.5, 0.6) is 5.75 Å². The number of hydrogen-bond donors (Lipinski definition) is 1. The molecule has 1 N–H and O–H groups in total. The van der Waals surface area contributed by atoms with E-state index in [2.05, 4.69) is 10.2 Å². The minimum Gasteiger partial charge on any atom is -0.508 e. The molecular weight excluding hydrogens is 312 g/mol. The molecular formula is C21H16N2O2. The lowest BCUT2D eigenvalue weighted by atomic mass is 10.0. The lowest BCUT2D eigenvalue weighted by Crippen LogP contribution is -1.80. The maximum Gasteiger partial charge on any atom is 0.248 e. The van der Waals surface area contributed by atoms with Gasteiger partial charge in [-0.15, -0.1) is 10.2 Å². The summed E-state index contributed by atoms with van der Waals surface area (Å²) < 4.78 is 5.80. The van der Waals surface area contributed by atoms with Gasteiger partial charge in [0.25, 0.3) is 0 Å². The Labute approximate surface area is 145 Å². The van der Waals surface area contributed by atoms with Crippen molar-refractivity contribution in [1.29, 1.82) is 0 Å². The van der Waals surface area contributed by atoms with Crippen LogP contribution >= 0.6 is 0 Å². The quantitative estimate of drug-likeness (QED) is 0.569. The minimum absolute atomic E-state index is 0.259. The molecule has 4 nitrogen and oxygen atoms in total. The monoisotopic (exact) mass is 328 g/mol. The van der Waals surface area contributed by atoms with E-state index in [0.29, 0.717) is 11.8 Å². The Morgan fingerprint density at radius 3 is 1.52 bits per heavy atom. The summed E-state index contributed by atoms with van der Waals surface area (Å²) in [6, 6.07) is 23.0. The van der Waals surface area contributed by atoms with Gasteiger partial charge >= 0.3 is 0 Å².